The van der Waals surface area contributed by atoms with Crippen LogP contribution in [0.3, 0.4) is 0 Å². The molecule has 4 rings (SSSR count). The van der Waals surface area contributed by atoms with Gasteiger partial charge in [-0.1, -0.05) is 53.0 Å². The molecule has 2 aromatic heterocycles. The van der Waals surface area contributed by atoms with E-state index in [9.17, 15) is 0 Å². The number of benzene rings is 2. The van der Waals surface area contributed by atoms with Crippen molar-refractivity contribution >= 4 is 34.2 Å². The molecule has 4 aromatic rings. The number of aryl methyl sites for hydroxylation is 1. The molecule has 0 radical (unpaired) electrons. The van der Waals surface area contributed by atoms with Crippen molar-refractivity contribution in [3.63, 3.8) is 0 Å². The summed E-state index contributed by atoms with van der Waals surface area (Å²) in [6.45, 7) is 2.06. The van der Waals surface area contributed by atoms with Crippen molar-refractivity contribution in [2.75, 3.05) is 0 Å². The Morgan fingerprint density at radius 1 is 0.957 bits per heavy atom. The van der Waals surface area contributed by atoms with Crippen LogP contribution < -0.4 is 0 Å². The predicted molar refractivity (Wildman–Crippen MR) is 93.9 cm³/mol. The second kappa shape index (κ2) is 5.41. The van der Waals surface area contributed by atoms with Crippen LogP contribution >= 0.6 is 23.2 Å². The van der Waals surface area contributed by atoms with E-state index in [-0.39, 0.29) is 0 Å². The Hall–Kier alpha value is -2.30. The summed E-state index contributed by atoms with van der Waals surface area (Å²) in [5, 5.41) is 8.36. The minimum Gasteiger partial charge on any atom is -0.337 e. The van der Waals surface area contributed by atoms with Gasteiger partial charge in [0, 0.05) is 5.56 Å². The van der Waals surface area contributed by atoms with Gasteiger partial charge >= 0.3 is 0 Å². The maximum absolute atomic E-state index is 6.04. The molecule has 0 spiro atoms. The van der Waals surface area contributed by atoms with Gasteiger partial charge in [0.25, 0.3) is 0 Å². The number of nitrogens with one attached hydrogen (secondary N) is 2. The molecule has 2 heterocycles. The second-order valence-electron chi connectivity index (χ2n) is 5.40. The summed E-state index contributed by atoms with van der Waals surface area (Å²) in [6.07, 6.45) is 0. The molecule has 114 valence electrons. The Balaban J connectivity index is 1.75. The first-order valence-corrected chi connectivity index (χ1v) is 7.83. The molecule has 0 aliphatic rings. The first-order chi connectivity index (χ1) is 11.1. The van der Waals surface area contributed by atoms with E-state index < -0.39 is 0 Å². The SMILES string of the molecule is Cc1ccc(-c2cc(-c3nc4cc(Cl)c(Cl)cc4[nH]3)[nH]n2)cc1. The van der Waals surface area contributed by atoms with Crippen molar-refractivity contribution in [2.24, 2.45) is 0 Å². The van der Waals surface area contributed by atoms with Crippen molar-refractivity contribution in [3.8, 4) is 22.8 Å². The first-order valence-electron chi connectivity index (χ1n) is 7.08. The van der Waals surface area contributed by atoms with Crippen LogP contribution in [0.2, 0.25) is 10.0 Å². The van der Waals surface area contributed by atoms with Crippen molar-refractivity contribution in [3.05, 3.63) is 58.1 Å². The molecular formula is C17H12Cl2N4. The molecule has 0 atom stereocenters. The molecule has 0 bridgehead atoms. The summed E-state index contributed by atoms with van der Waals surface area (Å²) in [5.41, 5.74) is 5.55. The van der Waals surface area contributed by atoms with E-state index in [2.05, 4.69) is 39.2 Å². The van der Waals surface area contributed by atoms with Gasteiger partial charge < -0.3 is 4.98 Å². The summed E-state index contributed by atoms with van der Waals surface area (Å²) in [6, 6.07) is 13.7. The largest absolute Gasteiger partial charge is 0.337 e. The van der Waals surface area contributed by atoms with Crippen molar-refractivity contribution in [1.29, 1.82) is 0 Å². The molecule has 6 heteroatoms. The highest BCUT2D eigenvalue weighted by Gasteiger charge is 2.11. The average Bonchev–Trinajstić information content (AvgIpc) is 3.15. The molecule has 0 amide bonds. The fraction of sp³-hybridized carbons (Fsp3) is 0.0588. The van der Waals surface area contributed by atoms with Gasteiger partial charge in [0.05, 0.1) is 26.8 Å². The van der Waals surface area contributed by atoms with E-state index in [1.165, 1.54) is 5.56 Å². The number of hydrogen-bond donors (Lipinski definition) is 2. The maximum Gasteiger partial charge on any atom is 0.156 e. The summed E-state index contributed by atoms with van der Waals surface area (Å²) < 4.78 is 0. The molecular weight excluding hydrogens is 331 g/mol. The number of hydrogen-bond acceptors (Lipinski definition) is 2. The van der Waals surface area contributed by atoms with Gasteiger partial charge in [-0.3, -0.25) is 5.10 Å². The number of rotatable bonds is 2. The quantitative estimate of drug-likeness (QED) is 0.523. The fourth-order valence-corrected chi connectivity index (χ4v) is 2.77. The van der Waals surface area contributed by atoms with Crippen LogP contribution in [0.4, 0.5) is 0 Å². The monoisotopic (exact) mass is 342 g/mol. The van der Waals surface area contributed by atoms with E-state index in [1.807, 2.05) is 18.2 Å². The highest BCUT2D eigenvalue weighted by molar-refractivity contribution is 6.42. The van der Waals surface area contributed by atoms with Gasteiger partial charge in [0.15, 0.2) is 5.82 Å². The number of aromatic nitrogens is 4. The van der Waals surface area contributed by atoms with Crippen molar-refractivity contribution < 1.29 is 0 Å². The number of fused-ring (bicyclic) bond motifs is 1. The third kappa shape index (κ3) is 2.60. The second-order valence-corrected chi connectivity index (χ2v) is 6.22. The molecule has 0 unspecified atom stereocenters. The number of nitrogens with zero attached hydrogens (tertiary/aromatic N) is 2. The average molecular weight is 343 g/mol. The molecule has 2 N–H and O–H groups in total. The predicted octanol–water partition coefficient (Wildman–Crippen LogP) is 5.24. The highest BCUT2D eigenvalue weighted by Crippen LogP contribution is 2.29. The minimum atomic E-state index is 0.488. The van der Waals surface area contributed by atoms with E-state index in [1.54, 1.807) is 12.1 Å². The maximum atomic E-state index is 6.04. The zero-order valence-electron chi connectivity index (χ0n) is 12.2. The smallest absolute Gasteiger partial charge is 0.156 e. The highest BCUT2D eigenvalue weighted by atomic mass is 35.5. The Kier molecular flexibility index (Phi) is 3.36. The molecule has 0 aliphatic carbocycles. The molecule has 0 saturated carbocycles. The number of H-pyrrole nitrogens is 2. The fourth-order valence-electron chi connectivity index (χ4n) is 2.45. The van der Waals surface area contributed by atoms with E-state index in [0.29, 0.717) is 15.9 Å². The van der Waals surface area contributed by atoms with E-state index >= 15 is 0 Å². The lowest BCUT2D eigenvalue weighted by molar-refractivity contribution is 1.08. The Labute approximate surface area is 142 Å². The van der Waals surface area contributed by atoms with Gasteiger partial charge in [-0.15, -0.1) is 0 Å². The molecule has 23 heavy (non-hydrogen) atoms. The number of aromatic amines is 2. The lowest BCUT2D eigenvalue weighted by atomic mass is 10.1. The van der Waals surface area contributed by atoms with Crippen molar-refractivity contribution in [2.45, 2.75) is 6.92 Å². The zero-order chi connectivity index (χ0) is 16.0. The van der Waals surface area contributed by atoms with Gasteiger partial charge in [0.2, 0.25) is 0 Å². The Morgan fingerprint density at radius 3 is 2.48 bits per heavy atom. The van der Waals surface area contributed by atoms with Crippen LogP contribution in [0, 0.1) is 6.92 Å². The molecule has 4 nitrogen and oxygen atoms in total. The zero-order valence-corrected chi connectivity index (χ0v) is 13.7. The van der Waals surface area contributed by atoms with Crippen LogP contribution in [0.5, 0.6) is 0 Å². The lowest BCUT2D eigenvalue weighted by Crippen LogP contribution is -1.79. The lowest BCUT2D eigenvalue weighted by Gasteiger charge is -1.96. The van der Waals surface area contributed by atoms with Gasteiger partial charge in [-0.2, -0.15) is 5.10 Å². The summed E-state index contributed by atoms with van der Waals surface area (Å²) >= 11 is 12.1. The van der Waals surface area contributed by atoms with E-state index in [0.717, 1.165) is 28.0 Å². The molecule has 0 aliphatic heterocycles. The third-order valence-electron chi connectivity index (χ3n) is 3.70. The number of imidazole rings is 1. The van der Waals surface area contributed by atoms with Crippen LogP contribution in [-0.4, -0.2) is 20.2 Å². The molecule has 0 fully saturated rings. The topological polar surface area (TPSA) is 57.4 Å². The molecule has 2 aromatic carbocycles. The summed E-state index contributed by atoms with van der Waals surface area (Å²) in [4.78, 5) is 7.76. The standard InChI is InChI=1S/C17H12Cl2N4/c1-9-2-4-10(5-3-9)13-8-16(23-22-13)17-20-14-6-11(18)12(19)7-15(14)21-17/h2-8H,1H3,(H,20,21)(H,22,23). The van der Waals surface area contributed by atoms with E-state index in [4.69, 9.17) is 23.2 Å². The van der Waals surface area contributed by atoms with Crippen LogP contribution in [0.1, 0.15) is 5.56 Å². The molecule has 0 saturated heterocycles. The van der Waals surface area contributed by atoms with Gasteiger partial charge in [-0.25, -0.2) is 4.98 Å². The van der Waals surface area contributed by atoms with Crippen LogP contribution in [0.25, 0.3) is 33.8 Å². The number of halogens is 2. The Morgan fingerprint density at radius 2 is 1.70 bits per heavy atom. The minimum absolute atomic E-state index is 0.488. The van der Waals surface area contributed by atoms with Gasteiger partial charge in [-0.05, 0) is 25.1 Å². The Bertz CT molecular complexity index is 960. The van der Waals surface area contributed by atoms with Gasteiger partial charge in [0.1, 0.15) is 5.69 Å². The van der Waals surface area contributed by atoms with Crippen molar-refractivity contribution in [1.82, 2.24) is 20.2 Å². The normalized spacial score (nSPS) is 11.3. The van der Waals surface area contributed by atoms with Crippen LogP contribution in [0.15, 0.2) is 42.5 Å². The first kappa shape index (κ1) is 14.3. The van der Waals surface area contributed by atoms with Crippen LogP contribution in [-0.2, 0) is 0 Å². The third-order valence-corrected chi connectivity index (χ3v) is 4.43. The summed E-state index contributed by atoms with van der Waals surface area (Å²) in [7, 11) is 0. The summed E-state index contributed by atoms with van der Waals surface area (Å²) in [5.74, 6) is 0.698.